The fourth-order valence-corrected chi connectivity index (χ4v) is 3.38. The van der Waals surface area contributed by atoms with Gasteiger partial charge in [-0.3, -0.25) is 9.59 Å². The third-order valence-electron chi connectivity index (χ3n) is 5.09. The van der Waals surface area contributed by atoms with Gasteiger partial charge in [-0.1, -0.05) is 50.1 Å². The maximum atomic E-state index is 13.2. The Morgan fingerprint density at radius 2 is 1.68 bits per heavy atom. The number of nitrogens with zero attached hydrogens (tertiary/aromatic N) is 3. The van der Waals surface area contributed by atoms with Gasteiger partial charge in [0.05, 0.1) is 10.9 Å². The van der Waals surface area contributed by atoms with Crippen molar-refractivity contribution >= 4 is 16.7 Å². The second-order valence-corrected chi connectivity index (χ2v) is 7.49. The Kier molecular flexibility index (Phi) is 6.77. The van der Waals surface area contributed by atoms with E-state index in [2.05, 4.69) is 12.0 Å². The minimum absolute atomic E-state index is 0.113. The summed E-state index contributed by atoms with van der Waals surface area (Å²) in [6.07, 6.45) is -1.70. The summed E-state index contributed by atoms with van der Waals surface area (Å²) in [4.78, 5) is 27.3. The average molecular weight is 431 g/mol. The molecule has 0 aliphatic carbocycles. The zero-order valence-electron chi connectivity index (χ0n) is 17.4. The van der Waals surface area contributed by atoms with Crippen LogP contribution in [0.2, 0.25) is 0 Å². The van der Waals surface area contributed by atoms with E-state index in [9.17, 15) is 22.8 Å². The minimum atomic E-state index is -4.41. The molecule has 31 heavy (non-hydrogen) atoms. The number of rotatable bonds is 7. The number of halogens is 3. The van der Waals surface area contributed by atoms with Gasteiger partial charge in [-0.05, 0) is 30.2 Å². The molecule has 0 saturated carbocycles. The number of benzene rings is 2. The summed E-state index contributed by atoms with van der Waals surface area (Å²) in [6.45, 7) is 2.59. The van der Waals surface area contributed by atoms with E-state index < -0.39 is 17.6 Å². The van der Waals surface area contributed by atoms with Crippen molar-refractivity contribution in [2.24, 2.45) is 0 Å². The van der Waals surface area contributed by atoms with Crippen LogP contribution in [0.15, 0.2) is 53.3 Å². The Labute approximate surface area is 178 Å². The average Bonchev–Trinajstić information content (AvgIpc) is 2.75. The lowest BCUT2D eigenvalue weighted by Gasteiger charge is -2.19. The second-order valence-electron chi connectivity index (χ2n) is 7.49. The van der Waals surface area contributed by atoms with E-state index in [4.69, 9.17) is 0 Å². The topological polar surface area (TPSA) is 55.2 Å². The summed E-state index contributed by atoms with van der Waals surface area (Å²) in [5.41, 5.74) is -0.267. The first-order valence-electron chi connectivity index (χ1n) is 10.1. The van der Waals surface area contributed by atoms with Crippen molar-refractivity contribution in [3.8, 4) is 0 Å². The fraction of sp³-hybridized carbons (Fsp3) is 0.348. The lowest BCUT2D eigenvalue weighted by Crippen LogP contribution is -2.32. The predicted molar refractivity (Wildman–Crippen MR) is 113 cm³/mol. The first-order valence-corrected chi connectivity index (χ1v) is 10.1. The van der Waals surface area contributed by atoms with Crippen molar-refractivity contribution < 1.29 is 18.0 Å². The number of hydrogen-bond acceptors (Lipinski definition) is 3. The molecule has 0 unspecified atom stereocenters. The minimum Gasteiger partial charge on any atom is -0.336 e. The van der Waals surface area contributed by atoms with E-state index in [0.717, 1.165) is 31.4 Å². The summed E-state index contributed by atoms with van der Waals surface area (Å²) < 4.78 is 39.6. The Hall–Kier alpha value is -3.16. The van der Waals surface area contributed by atoms with Gasteiger partial charge < -0.3 is 4.90 Å². The predicted octanol–water partition coefficient (Wildman–Crippen LogP) is 4.88. The first-order chi connectivity index (χ1) is 14.7. The number of carbonyl (C=O) groups is 1. The number of unbranched alkanes of at least 4 members (excludes halogenated alkanes) is 2. The van der Waals surface area contributed by atoms with Crippen LogP contribution in [0.25, 0.3) is 10.8 Å². The molecule has 0 spiro atoms. The van der Waals surface area contributed by atoms with Crippen LogP contribution in [0, 0.1) is 0 Å². The molecule has 0 saturated heterocycles. The molecule has 1 aromatic heterocycles. The summed E-state index contributed by atoms with van der Waals surface area (Å²) >= 11 is 0. The molecule has 3 aromatic rings. The van der Waals surface area contributed by atoms with Crippen LogP contribution in [0.1, 0.15) is 47.8 Å². The molecule has 0 atom stereocenters. The number of amides is 1. The SMILES string of the molecule is CCCCCn1nc(C(=O)N(C)Cc2ccc(C(F)(F)F)cc2)c2ccccc2c1=O. The van der Waals surface area contributed by atoms with Crippen LogP contribution in [0.4, 0.5) is 13.2 Å². The highest BCUT2D eigenvalue weighted by Gasteiger charge is 2.30. The lowest BCUT2D eigenvalue weighted by molar-refractivity contribution is -0.137. The quantitative estimate of drug-likeness (QED) is 0.501. The van der Waals surface area contributed by atoms with Gasteiger partial charge in [-0.2, -0.15) is 18.3 Å². The summed E-state index contributed by atoms with van der Waals surface area (Å²) in [6, 6.07) is 11.5. The van der Waals surface area contributed by atoms with Crippen molar-refractivity contribution in [1.82, 2.24) is 14.7 Å². The Balaban J connectivity index is 1.90. The molecule has 5 nitrogen and oxygen atoms in total. The number of alkyl halides is 3. The molecule has 1 heterocycles. The monoisotopic (exact) mass is 431 g/mol. The molecule has 0 aliphatic rings. The van der Waals surface area contributed by atoms with E-state index in [1.165, 1.54) is 21.7 Å². The van der Waals surface area contributed by atoms with E-state index in [-0.39, 0.29) is 17.8 Å². The zero-order valence-corrected chi connectivity index (χ0v) is 17.4. The van der Waals surface area contributed by atoms with E-state index in [1.807, 2.05) is 0 Å². The normalized spacial score (nSPS) is 11.6. The standard InChI is InChI=1S/C23H24F3N3O2/c1-3-4-7-14-29-21(30)19-9-6-5-8-18(19)20(27-29)22(31)28(2)15-16-10-12-17(13-11-16)23(24,25)26/h5-6,8-13H,3-4,7,14-15H2,1-2H3. The highest BCUT2D eigenvalue weighted by atomic mass is 19.4. The molecule has 1 amide bonds. The van der Waals surface area contributed by atoms with Gasteiger partial charge in [0.25, 0.3) is 11.5 Å². The molecule has 0 radical (unpaired) electrons. The Morgan fingerprint density at radius 3 is 2.29 bits per heavy atom. The summed E-state index contributed by atoms with van der Waals surface area (Å²) in [5.74, 6) is -0.402. The number of carbonyl (C=O) groups excluding carboxylic acids is 1. The molecule has 8 heteroatoms. The van der Waals surface area contributed by atoms with E-state index >= 15 is 0 Å². The van der Waals surface area contributed by atoms with Crippen molar-refractivity contribution in [2.75, 3.05) is 7.05 Å². The van der Waals surface area contributed by atoms with Gasteiger partial charge in [0, 0.05) is 25.5 Å². The largest absolute Gasteiger partial charge is 0.416 e. The van der Waals surface area contributed by atoms with Gasteiger partial charge in [0.2, 0.25) is 0 Å². The Bertz CT molecular complexity index is 1120. The number of aryl methyl sites for hydroxylation is 1. The molecular formula is C23H24F3N3O2. The third-order valence-corrected chi connectivity index (χ3v) is 5.09. The molecule has 0 N–H and O–H groups in total. The van der Waals surface area contributed by atoms with Crippen LogP contribution in [0.3, 0.4) is 0 Å². The second kappa shape index (κ2) is 9.32. The van der Waals surface area contributed by atoms with Crippen molar-refractivity contribution in [3.63, 3.8) is 0 Å². The van der Waals surface area contributed by atoms with Gasteiger partial charge in [-0.15, -0.1) is 0 Å². The van der Waals surface area contributed by atoms with Crippen molar-refractivity contribution in [3.05, 3.63) is 75.7 Å². The molecule has 0 aliphatic heterocycles. The summed E-state index contributed by atoms with van der Waals surface area (Å²) in [7, 11) is 1.56. The summed E-state index contributed by atoms with van der Waals surface area (Å²) in [5, 5.41) is 5.22. The molecule has 3 rings (SSSR count). The zero-order chi connectivity index (χ0) is 22.6. The molecular weight excluding hydrogens is 407 g/mol. The van der Waals surface area contributed by atoms with Gasteiger partial charge in [-0.25, -0.2) is 4.68 Å². The van der Waals surface area contributed by atoms with Crippen molar-refractivity contribution in [2.45, 2.75) is 45.5 Å². The first kappa shape index (κ1) is 22.5. The lowest BCUT2D eigenvalue weighted by atomic mass is 10.1. The molecule has 0 bridgehead atoms. The third kappa shape index (κ3) is 5.13. The van der Waals surface area contributed by atoms with Crippen LogP contribution in [-0.4, -0.2) is 27.6 Å². The van der Waals surface area contributed by atoms with E-state index in [0.29, 0.717) is 22.9 Å². The molecule has 2 aromatic carbocycles. The molecule has 164 valence electrons. The maximum absolute atomic E-state index is 13.2. The number of hydrogen-bond donors (Lipinski definition) is 0. The Morgan fingerprint density at radius 1 is 1.03 bits per heavy atom. The number of aromatic nitrogens is 2. The highest BCUT2D eigenvalue weighted by Crippen LogP contribution is 2.29. The van der Waals surface area contributed by atoms with E-state index in [1.54, 1.807) is 31.3 Å². The van der Waals surface area contributed by atoms with Gasteiger partial charge in [0.15, 0.2) is 5.69 Å². The van der Waals surface area contributed by atoms with Crippen molar-refractivity contribution in [1.29, 1.82) is 0 Å². The van der Waals surface area contributed by atoms with Gasteiger partial charge in [0.1, 0.15) is 0 Å². The van der Waals surface area contributed by atoms with Gasteiger partial charge >= 0.3 is 6.18 Å². The highest BCUT2D eigenvalue weighted by molar-refractivity contribution is 6.04. The molecule has 0 fully saturated rings. The van der Waals surface area contributed by atoms with Crippen LogP contribution >= 0.6 is 0 Å². The van der Waals surface area contributed by atoms with Crippen LogP contribution in [0.5, 0.6) is 0 Å². The maximum Gasteiger partial charge on any atom is 0.416 e. The van der Waals surface area contributed by atoms with Crippen LogP contribution in [-0.2, 0) is 19.3 Å². The number of fused-ring (bicyclic) bond motifs is 1. The van der Waals surface area contributed by atoms with Crippen LogP contribution < -0.4 is 5.56 Å². The fourth-order valence-electron chi connectivity index (χ4n) is 3.38. The smallest absolute Gasteiger partial charge is 0.336 e.